The molecule has 5 heteroatoms. The van der Waals surface area contributed by atoms with Crippen LogP contribution in [0.3, 0.4) is 0 Å². The summed E-state index contributed by atoms with van der Waals surface area (Å²) in [4.78, 5) is 29.0. The third kappa shape index (κ3) is 5.44. The summed E-state index contributed by atoms with van der Waals surface area (Å²) >= 11 is 0. The lowest BCUT2D eigenvalue weighted by molar-refractivity contribution is -0.122. The molecule has 2 saturated carbocycles. The Kier molecular flexibility index (Phi) is 6.94. The predicted molar refractivity (Wildman–Crippen MR) is 142 cm³/mol. The molecule has 2 aliphatic rings. The summed E-state index contributed by atoms with van der Waals surface area (Å²) in [6.07, 6.45) is 9.02. The molecule has 3 N–H and O–H groups in total. The van der Waals surface area contributed by atoms with E-state index in [0.29, 0.717) is 11.5 Å². The van der Waals surface area contributed by atoms with Gasteiger partial charge >= 0.3 is 0 Å². The number of fused-ring (bicyclic) bond motifs is 1. The molecule has 3 aromatic rings. The Balaban J connectivity index is 1.25. The lowest BCUT2D eigenvalue weighted by Gasteiger charge is -2.27. The van der Waals surface area contributed by atoms with E-state index in [1.807, 2.05) is 42.5 Å². The number of rotatable bonds is 5. The van der Waals surface area contributed by atoms with Crippen LogP contribution in [0, 0.1) is 17.8 Å². The van der Waals surface area contributed by atoms with Gasteiger partial charge in [0.15, 0.2) is 0 Å². The predicted octanol–water partition coefficient (Wildman–Crippen LogP) is 6.91. The fourth-order valence-corrected chi connectivity index (χ4v) is 5.78. The minimum atomic E-state index is 0.0154. The molecular formula is C30H37N3O2. The van der Waals surface area contributed by atoms with Gasteiger partial charge < -0.3 is 15.6 Å². The van der Waals surface area contributed by atoms with Crippen LogP contribution in [-0.4, -0.2) is 22.8 Å². The van der Waals surface area contributed by atoms with E-state index in [-0.39, 0.29) is 23.8 Å². The highest BCUT2D eigenvalue weighted by Crippen LogP contribution is 2.31. The molecule has 0 spiro atoms. The van der Waals surface area contributed by atoms with Gasteiger partial charge in [0.2, 0.25) is 5.91 Å². The molecule has 2 amide bonds. The Bertz CT molecular complexity index is 1190. The molecule has 5 rings (SSSR count). The third-order valence-corrected chi connectivity index (χ3v) is 8.15. The van der Waals surface area contributed by atoms with Gasteiger partial charge in [-0.25, -0.2) is 0 Å². The minimum absolute atomic E-state index is 0.0154. The first-order valence-electron chi connectivity index (χ1n) is 13.3. The topological polar surface area (TPSA) is 74.0 Å². The van der Waals surface area contributed by atoms with Crippen molar-refractivity contribution in [3.05, 3.63) is 54.1 Å². The van der Waals surface area contributed by atoms with Gasteiger partial charge in [-0.3, -0.25) is 9.59 Å². The minimum Gasteiger partial charge on any atom is -0.355 e. The molecule has 1 aromatic heterocycles. The van der Waals surface area contributed by atoms with E-state index in [1.165, 1.54) is 19.3 Å². The zero-order chi connectivity index (χ0) is 24.4. The van der Waals surface area contributed by atoms with Crippen molar-refractivity contribution in [3.63, 3.8) is 0 Å². The molecule has 184 valence electrons. The Morgan fingerprint density at radius 3 is 2.34 bits per heavy atom. The number of H-pyrrole nitrogens is 1. The highest BCUT2D eigenvalue weighted by molar-refractivity contribution is 5.99. The lowest BCUT2D eigenvalue weighted by Crippen LogP contribution is -2.37. The molecule has 35 heavy (non-hydrogen) atoms. The van der Waals surface area contributed by atoms with Crippen LogP contribution in [0.25, 0.3) is 22.2 Å². The molecule has 1 heterocycles. The van der Waals surface area contributed by atoms with Gasteiger partial charge in [0, 0.05) is 39.8 Å². The van der Waals surface area contributed by atoms with Crippen LogP contribution < -0.4 is 10.6 Å². The van der Waals surface area contributed by atoms with Crippen molar-refractivity contribution in [1.29, 1.82) is 0 Å². The first kappa shape index (κ1) is 23.7. The first-order valence-corrected chi connectivity index (χ1v) is 13.3. The maximum atomic E-state index is 12.8. The number of amides is 2. The van der Waals surface area contributed by atoms with E-state index in [4.69, 9.17) is 0 Å². The van der Waals surface area contributed by atoms with Crippen LogP contribution in [0.15, 0.2) is 48.5 Å². The van der Waals surface area contributed by atoms with Crippen molar-refractivity contribution >= 4 is 28.4 Å². The average molecular weight is 472 g/mol. The molecule has 0 bridgehead atoms. The molecule has 2 atom stereocenters. The number of anilines is 1. The number of aromatic nitrogens is 1. The maximum absolute atomic E-state index is 12.8. The van der Waals surface area contributed by atoms with Crippen LogP contribution in [0.1, 0.15) is 75.6 Å². The first-order chi connectivity index (χ1) is 17.0. The van der Waals surface area contributed by atoms with Crippen molar-refractivity contribution in [2.45, 2.75) is 71.3 Å². The molecule has 2 unspecified atom stereocenters. The fraction of sp³-hybridized carbons (Fsp3) is 0.467. The highest BCUT2D eigenvalue weighted by atomic mass is 16.2. The number of hydrogen-bond donors (Lipinski definition) is 3. The smallest absolute Gasteiger partial charge is 0.251 e. The van der Waals surface area contributed by atoms with Crippen molar-refractivity contribution in [1.82, 2.24) is 10.3 Å². The van der Waals surface area contributed by atoms with Crippen LogP contribution in [0.4, 0.5) is 5.69 Å². The van der Waals surface area contributed by atoms with Gasteiger partial charge in [-0.05, 0) is 92.3 Å². The van der Waals surface area contributed by atoms with Crippen LogP contribution in [-0.2, 0) is 4.79 Å². The van der Waals surface area contributed by atoms with Gasteiger partial charge in [-0.1, -0.05) is 38.8 Å². The Morgan fingerprint density at radius 1 is 0.857 bits per heavy atom. The molecule has 0 aliphatic heterocycles. The second-order valence-electron chi connectivity index (χ2n) is 10.9. The van der Waals surface area contributed by atoms with Crippen molar-refractivity contribution in [3.8, 4) is 11.3 Å². The van der Waals surface area contributed by atoms with E-state index in [1.54, 1.807) is 0 Å². The molecule has 0 saturated heterocycles. The number of carbonyl (C=O) groups excluding carboxylic acids is 2. The van der Waals surface area contributed by atoms with Crippen molar-refractivity contribution in [2.75, 3.05) is 5.32 Å². The molecule has 2 aliphatic carbocycles. The zero-order valence-electron chi connectivity index (χ0n) is 20.9. The summed E-state index contributed by atoms with van der Waals surface area (Å²) in [6, 6.07) is 16.2. The average Bonchev–Trinajstić information content (AvgIpc) is 3.29. The Morgan fingerprint density at radius 2 is 1.60 bits per heavy atom. The fourth-order valence-electron chi connectivity index (χ4n) is 5.78. The molecular weight excluding hydrogens is 434 g/mol. The summed E-state index contributed by atoms with van der Waals surface area (Å²) in [5.41, 5.74) is 4.59. The standard InChI is InChI=1S/C30H37N3O2/c1-19-7-12-24(13-8-19)31-29(34)22-11-16-27-23(17-22)18-28(33-27)21-9-14-25(15-10-21)32-30(35)26-6-4-3-5-20(26)2/h9-11,14-20,24,26,33H,3-8,12-13H2,1-2H3,(H,31,34)(H,32,35). The van der Waals surface area contributed by atoms with E-state index in [0.717, 1.165) is 65.9 Å². The number of carbonyl (C=O) groups is 2. The number of aromatic amines is 1. The molecule has 5 nitrogen and oxygen atoms in total. The molecule has 2 aromatic carbocycles. The van der Waals surface area contributed by atoms with Gasteiger partial charge in [-0.2, -0.15) is 0 Å². The summed E-state index contributed by atoms with van der Waals surface area (Å²) in [5, 5.41) is 7.35. The summed E-state index contributed by atoms with van der Waals surface area (Å²) in [6.45, 7) is 4.48. The van der Waals surface area contributed by atoms with Gasteiger partial charge in [0.25, 0.3) is 5.91 Å². The lowest BCUT2D eigenvalue weighted by atomic mass is 9.80. The summed E-state index contributed by atoms with van der Waals surface area (Å²) in [7, 11) is 0. The second-order valence-corrected chi connectivity index (χ2v) is 10.9. The second kappa shape index (κ2) is 10.3. The van der Waals surface area contributed by atoms with Gasteiger partial charge in [-0.15, -0.1) is 0 Å². The largest absolute Gasteiger partial charge is 0.355 e. The monoisotopic (exact) mass is 471 g/mol. The van der Waals surface area contributed by atoms with Gasteiger partial charge in [0.05, 0.1) is 0 Å². The summed E-state index contributed by atoms with van der Waals surface area (Å²) in [5.74, 6) is 1.49. The van der Waals surface area contributed by atoms with E-state index in [9.17, 15) is 9.59 Å². The van der Waals surface area contributed by atoms with Crippen molar-refractivity contribution < 1.29 is 9.59 Å². The van der Waals surface area contributed by atoms with Crippen LogP contribution >= 0.6 is 0 Å². The van der Waals surface area contributed by atoms with Crippen molar-refractivity contribution in [2.24, 2.45) is 17.8 Å². The number of nitrogens with one attached hydrogen (secondary N) is 3. The van der Waals surface area contributed by atoms with Gasteiger partial charge in [0.1, 0.15) is 0 Å². The Hall–Kier alpha value is -3.08. The van der Waals surface area contributed by atoms with Crippen LogP contribution in [0.5, 0.6) is 0 Å². The van der Waals surface area contributed by atoms with E-state index in [2.05, 4.69) is 35.5 Å². The third-order valence-electron chi connectivity index (χ3n) is 8.15. The van der Waals surface area contributed by atoms with E-state index >= 15 is 0 Å². The normalized spacial score (nSPS) is 24.7. The highest BCUT2D eigenvalue weighted by Gasteiger charge is 2.27. The molecule has 0 radical (unpaired) electrons. The Labute approximate surface area is 208 Å². The molecule has 2 fully saturated rings. The summed E-state index contributed by atoms with van der Waals surface area (Å²) < 4.78 is 0. The quantitative estimate of drug-likeness (QED) is 0.378. The number of benzene rings is 2. The van der Waals surface area contributed by atoms with Crippen LogP contribution in [0.2, 0.25) is 0 Å². The number of hydrogen-bond acceptors (Lipinski definition) is 2. The zero-order valence-corrected chi connectivity index (χ0v) is 20.9. The van der Waals surface area contributed by atoms with E-state index < -0.39 is 0 Å². The SMILES string of the molecule is CC1CCC(NC(=O)c2ccc3[nH]c(-c4ccc(NC(=O)C5CCCCC5C)cc4)cc3c2)CC1. The maximum Gasteiger partial charge on any atom is 0.251 e.